The molecule has 1 fully saturated rings. The number of piperazine rings is 1. The lowest BCUT2D eigenvalue weighted by molar-refractivity contribution is 0.209. The van der Waals surface area contributed by atoms with Gasteiger partial charge in [-0.05, 0) is 26.0 Å². The molecule has 0 aromatic heterocycles. The first-order chi connectivity index (χ1) is 9.61. The third kappa shape index (κ3) is 5.12. The quantitative estimate of drug-likeness (QED) is 0.867. The van der Waals surface area contributed by atoms with Gasteiger partial charge in [-0.15, -0.1) is 0 Å². The van der Waals surface area contributed by atoms with Crippen molar-refractivity contribution in [1.29, 1.82) is 0 Å². The van der Waals surface area contributed by atoms with Gasteiger partial charge in [0.05, 0.1) is 12.8 Å². The van der Waals surface area contributed by atoms with Crippen LogP contribution in [0.25, 0.3) is 0 Å². The Kier molecular flexibility index (Phi) is 8.86. The second kappa shape index (κ2) is 9.50. The van der Waals surface area contributed by atoms with Gasteiger partial charge in [-0.1, -0.05) is 21.3 Å². The van der Waals surface area contributed by atoms with Gasteiger partial charge in [0.2, 0.25) is 0 Å². The zero-order valence-corrected chi connectivity index (χ0v) is 13.5. The predicted octanol–water partition coefficient (Wildman–Crippen LogP) is 3.47. The van der Waals surface area contributed by atoms with E-state index in [-0.39, 0.29) is 7.43 Å². The molecule has 4 nitrogen and oxygen atoms in total. The molecule has 1 aliphatic rings. The average molecular weight is 295 g/mol. The molecule has 1 aromatic rings. The molecule has 1 aromatic carbocycles. The Hall–Kier alpha value is -1.42. The molecular formula is C17H33N3O. The van der Waals surface area contributed by atoms with E-state index in [2.05, 4.69) is 29.7 Å². The summed E-state index contributed by atoms with van der Waals surface area (Å²) < 4.78 is 5.42. The number of anilines is 2. The molecule has 0 radical (unpaired) electrons. The largest absolute Gasteiger partial charge is 0.495 e. The zero-order valence-electron chi connectivity index (χ0n) is 13.5. The van der Waals surface area contributed by atoms with Crippen LogP contribution in [-0.4, -0.2) is 44.2 Å². The van der Waals surface area contributed by atoms with Gasteiger partial charge in [0.25, 0.3) is 0 Å². The summed E-state index contributed by atoms with van der Waals surface area (Å²) in [6, 6.07) is 6.51. The predicted molar refractivity (Wildman–Crippen MR) is 94.4 cm³/mol. The summed E-state index contributed by atoms with van der Waals surface area (Å²) in [5.74, 6) is 0.869. The van der Waals surface area contributed by atoms with Crippen molar-refractivity contribution in [3.05, 3.63) is 18.2 Å². The lowest BCUT2D eigenvalue weighted by Crippen LogP contribution is -2.49. The van der Waals surface area contributed by atoms with Gasteiger partial charge >= 0.3 is 0 Å². The van der Waals surface area contributed by atoms with Crippen molar-refractivity contribution in [2.75, 3.05) is 43.9 Å². The van der Waals surface area contributed by atoms with Crippen LogP contribution in [0.2, 0.25) is 0 Å². The summed E-state index contributed by atoms with van der Waals surface area (Å²) in [6.07, 6.45) is 0. The van der Waals surface area contributed by atoms with Crippen LogP contribution in [-0.2, 0) is 0 Å². The fourth-order valence-corrected chi connectivity index (χ4v) is 2.43. The molecule has 0 aliphatic carbocycles. The van der Waals surface area contributed by atoms with Crippen molar-refractivity contribution in [3.63, 3.8) is 0 Å². The van der Waals surface area contributed by atoms with Gasteiger partial charge in [-0.25, -0.2) is 0 Å². The number of methoxy groups -OCH3 is 1. The second-order valence-electron chi connectivity index (χ2n) is 5.05. The Bertz CT molecular complexity index is 399. The zero-order chi connectivity index (χ0) is 15.1. The maximum atomic E-state index is 5.79. The lowest BCUT2D eigenvalue weighted by Gasteiger charge is -2.38. The van der Waals surface area contributed by atoms with Gasteiger partial charge in [-0.2, -0.15) is 0 Å². The number of nitrogens with two attached hydrogens (primary N) is 1. The van der Waals surface area contributed by atoms with Crippen molar-refractivity contribution in [2.24, 2.45) is 0 Å². The Morgan fingerprint density at radius 3 is 2.14 bits per heavy atom. The van der Waals surface area contributed by atoms with Crippen LogP contribution in [0.15, 0.2) is 18.2 Å². The standard InChI is InChI=1S/C14H23N3O.C2H6.CH4/c1-11(2)16-6-8-17(9-7-16)13-5-4-12(15)10-14(13)18-3;1-2;/h4-5,10-11H,6-9,15H2,1-3H3;1-2H3;1H4. The number of hydrogen-bond donors (Lipinski definition) is 1. The minimum atomic E-state index is 0. The third-order valence-corrected chi connectivity index (χ3v) is 3.59. The summed E-state index contributed by atoms with van der Waals surface area (Å²) in [7, 11) is 1.70. The Balaban J connectivity index is 0.00000128. The monoisotopic (exact) mass is 295 g/mol. The van der Waals surface area contributed by atoms with E-state index in [4.69, 9.17) is 10.5 Å². The van der Waals surface area contributed by atoms with E-state index in [1.165, 1.54) is 0 Å². The molecule has 0 unspecified atom stereocenters. The van der Waals surface area contributed by atoms with Crippen molar-refractivity contribution in [3.8, 4) is 5.75 Å². The van der Waals surface area contributed by atoms with Gasteiger partial charge in [0.1, 0.15) is 5.75 Å². The molecule has 2 N–H and O–H groups in total. The molecule has 1 heterocycles. The summed E-state index contributed by atoms with van der Waals surface area (Å²) in [4.78, 5) is 4.87. The van der Waals surface area contributed by atoms with E-state index in [9.17, 15) is 0 Å². The molecular weight excluding hydrogens is 262 g/mol. The van der Waals surface area contributed by atoms with E-state index in [0.717, 1.165) is 43.3 Å². The lowest BCUT2D eigenvalue weighted by atomic mass is 10.2. The van der Waals surface area contributed by atoms with Crippen molar-refractivity contribution < 1.29 is 4.74 Å². The van der Waals surface area contributed by atoms with E-state index < -0.39 is 0 Å². The summed E-state index contributed by atoms with van der Waals surface area (Å²) >= 11 is 0. The molecule has 4 heteroatoms. The molecule has 0 atom stereocenters. The number of rotatable bonds is 3. The molecule has 1 saturated heterocycles. The number of benzene rings is 1. The highest BCUT2D eigenvalue weighted by molar-refractivity contribution is 5.64. The Labute approximate surface area is 130 Å². The molecule has 21 heavy (non-hydrogen) atoms. The maximum absolute atomic E-state index is 5.79. The fourth-order valence-electron chi connectivity index (χ4n) is 2.43. The number of ether oxygens (including phenoxy) is 1. The minimum Gasteiger partial charge on any atom is -0.495 e. The van der Waals surface area contributed by atoms with E-state index >= 15 is 0 Å². The van der Waals surface area contributed by atoms with Crippen LogP contribution in [0.3, 0.4) is 0 Å². The molecule has 0 amide bonds. The van der Waals surface area contributed by atoms with Crippen molar-refractivity contribution in [2.45, 2.75) is 41.2 Å². The first kappa shape index (κ1) is 19.6. The smallest absolute Gasteiger partial charge is 0.144 e. The second-order valence-corrected chi connectivity index (χ2v) is 5.05. The SMILES string of the molecule is C.CC.COc1cc(N)ccc1N1CCN(C(C)C)CC1. The fraction of sp³-hybridized carbons (Fsp3) is 0.647. The third-order valence-electron chi connectivity index (χ3n) is 3.59. The van der Waals surface area contributed by atoms with Crippen LogP contribution in [0.1, 0.15) is 35.1 Å². The number of nitrogens with zero attached hydrogens (tertiary/aromatic N) is 2. The first-order valence-corrected chi connectivity index (χ1v) is 7.54. The summed E-state index contributed by atoms with van der Waals surface area (Å²) in [6.45, 7) is 12.8. The highest BCUT2D eigenvalue weighted by atomic mass is 16.5. The van der Waals surface area contributed by atoms with Gasteiger partial charge in [0.15, 0.2) is 0 Å². The Morgan fingerprint density at radius 2 is 1.67 bits per heavy atom. The molecule has 0 spiro atoms. The van der Waals surface area contributed by atoms with E-state index in [0.29, 0.717) is 6.04 Å². The maximum Gasteiger partial charge on any atom is 0.144 e. The van der Waals surface area contributed by atoms with E-state index in [1.807, 2.05) is 26.0 Å². The molecule has 1 aliphatic heterocycles. The van der Waals surface area contributed by atoms with Gasteiger partial charge < -0.3 is 15.4 Å². The van der Waals surface area contributed by atoms with Crippen LogP contribution in [0.4, 0.5) is 11.4 Å². The van der Waals surface area contributed by atoms with Crippen LogP contribution in [0.5, 0.6) is 5.75 Å². The summed E-state index contributed by atoms with van der Waals surface area (Å²) in [5.41, 5.74) is 7.68. The minimum absolute atomic E-state index is 0. The van der Waals surface area contributed by atoms with Gasteiger partial charge in [0, 0.05) is 44.0 Å². The normalized spacial score (nSPS) is 15.0. The summed E-state index contributed by atoms with van der Waals surface area (Å²) in [5, 5.41) is 0. The van der Waals surface area contributed by atoms with Crippen LogP contribution < -0.4 is 15.4 Å². The first-order valence-electron chi connectivity index (χ1n) is 7.54. The van der Waals surface area contributed by atoms with Crippen LogP contribution in [0, 0.1) is 0 Å². The highest BCUT2D eigenvalue weighted by Crippen LogP contribution is 2.31. The molecule has 122 valence electrons. The average Bonchev–Trinajstić information content (AvgIpc) is 2.49. The van der Waals surface area contributed by atoms with Crippen molar-refractivity contribution in [1.82, 2.24) is 4.90 Å². The van der Waals surface area contributed by atoms with E-state index in [1.54, 1.807) is 7.11 Å². The Morgan fingerprint density at radius 1 is 1.10 bits per heavy atom. The number of nitrogen functional groups attached to an aromatic ring is 1. The molecule has 0 bridgehead atoms. The van der Waals surface area contributed by atoms with Gasteiger partial charge in [-0.3, -0.25) is 4.90 Å². The molecule has 2 rings (SSSR count). The van der Waals surface area contributed by atoms with Crippen molar-refractivity contribution >= 4 is 11.4 Å². The highest BCUT2D eigenvalue weighted by Gasteiger charge is 2.20. The molecule has 0 saturated carbocycles. The topological polar surface area (TPSA) is 41.7 Å². The van der Waals surface area contributed by atoms with Crippen LogP contribution >= 0.6 is 0 Å². The number of hydrogen-bond acceptors (Lipinski definition) is 4.